The summed E-state index contributed by atoms with van der Waals surface area (Å²) in [5.41, 5.74) is 0.00912. The molecule has 0 radical (unpaired) electrons. The third-order valence-corrected chi connectivity index (χ3v) is 12.2. The van der Waals surface area contributed by atoms with Gasteiger partial charge in [0.15, 0.2) is 0 Å². The monoisotopic (exact) mass is 723 g/mol. The van der Waals surface area contributed by atoms with Crippen LogP contribution in [0.4, 0.5) is 4.39 Å². The first-order chi connectivity index (χ1) is 23.7. The third kappa shape index (κ3) is 7.94. The Morgan fingerprint density at radius 3 is 1.76 bits per heavy atom. The molecule has 1 fully saturated rings. The molecular formula is C38H42FNO8S2. The summed E-state index contributed by atoms with van der Waals surface area (Å²) in [6.07, 6.45) is 1.47. The van der Waals surface area contributed by atoms with Crippen LogP contribution in [-0.4, -0.2) is 72.0 Å². The van der Waals surface area contributed by atoms with Crippen molar-refractivity contribution >= 4 is 41.0 Å². The molecule has 0 spiro atoms. The summed E-state index contributed by atoms with van der Waals surface area (Å²) in [6.45, 7) is 7.34. The van der Waals surface area contributed by atoms with Gasteiger partial charge in [0.05, 0.1) is 28.8 Å². The van der Waals surface area contributed by atoms with Gasteiger partial charge in [0.1, 0.15) is 16.4 Å². The second-order valence-corrected chi connectivity index (χ2v) is 16.8. The number of thioether (sulfide) groups is 1. The van der Waals surface area contributed by atoms with Crippen LogP contribution in [0.5, 0.6) is 0 Å². The molecule has 2 aliphatic rings. The molecule has 1 unspecified atom stereocenters. The van der Waals surface area contributed by atoms with Crippen molar-refractivity contribution in [2.45, 2.75) is 80.4 Å². The van der Waals surface area contributed by atoms with Gasteiger partial charge in [-0.05, 0) is 68.0 Å². The van der Waals surface area contributed by atoms with Gasteiger partial charge in [0.2, 0.25) is 0 Å². The van der Waals surface area contributed by atoms with Crippen molar-refractivity contribution < 1.29 is 43.4 Å². The van der Waals surface area contributed by atoms with Crippen LogP contribution in [-0.2, 0) is 16.1 Å². The molecule has 12 heteroatoms. The van der Waals surface area contributed by atoms with Gasteiger partial charge in [-0.25, -0.2) is 18.8 Å². The molecule has 2 bridgehead atoms. The van der Waals surface area contributed by atoms with E-state index in [2.05, 4.69) is 4.72 Å². The fraction of sp³-hybridized carbons (Fsp3) is 0.395. The Morgan fingerprint density at radius 2 is 1.28 bits per heavy atom. The van der Waals surface area contributed by atoms with Gasteiger partial charge in [-0.2, -0.15) is 0 Å². The molecule has 50 heavy (non-hydrogen) atoms. The summed E-state index contributed by atoms with van der Waals surface area (Å²) >= 11 is -0.468. The average molecular weight is 724 g/mol. The highest BCUT2D eigenvalue weighted by Crippen LogP contribution is 2.57. The topological polar surface area (TPSA) is 156 Å². The Morgan fingerprint density at radius 1 is 0.820 bits per heavy atom. The highest BCUT2D eigenvalue weighted by Gasteiger charge is 2.54. The molecular weight excluding hydrogens is 682 g/mol. The van der Waals surface area contributed by atoms with Crippen LogP contribution in [0.3, 0.4) is 0 Å². The van der Waals surface area contributed by atoms with Gasteiger partial charge in [-0.1, -0.05) is 73.7 Å². The van der Waals surface area contributed by atoms with Crippen molar-refractivity contribution in [1.82, 2.24) is 4.72 Å². The summed E-state index contributed by atoms with van der Waals surface area (Å²) in [5.74, 6) is -6.76. The third-order valence-electron chi connectivity index (χ3n) is 9.36. The van der Waals surface area contributed by atoms with Crippen LogP contribution in [0.25, 0.3) is 0 Å². The molecule has 3 aromatic carbocycles. The van der Waals surface area contributed by atoms with E-state index in [9.17, 15) is 34.3 Å². The first-order valence-electron chi connectivity index (χ1n) is 16.4. The summed E-state index contributed by atoms with van der Waals surface area (Å²) in [5, 5.41) is 31.4. The molecule has 0 amide bonds. The molecule has 1 saturated heterocycles. The van der Waals surface area contributed by atoms with E-state index < -0.39 is 81.4 Å². The smallest absolute Gasteiger partial charge is 0.335 e. The van der Waals surface area contributed by atoms with Crippen molar-refractivity contribution in [2.75, 3.05) is 5.75 Å². The zero-order chi connectivity index (χ0) is 36.3. The molecule has 3 aromatic rings. The quantitative estimate of drug-likeness (QED) is 0.138. The number of hydrogen-bond acceptors (Lipinski definition) is 7. The maximum atomic E-state index is 15.5. The van der Waals surface area contributed by atoms with E-state index >= 15 is 4.39 Å². The first kappa shape index (κ1) is 37.6. The number of ether oxygens (including phenoxy) is 1. The largest absolute Gasteiger partial charge is 0.598 e. The van der Waals surface area contributed by atoms with Crippen LogP contribution >= 0.6 is 11.8 Å². The van der Waals surface area contributed by atoms with E-state index in [0.29, 0.717) is 16.7 Å². The predicted molar refractivity (Wildman–Crippen MR) is 192 cm³/mol. The molecule has 4 N–H and O–H groups in total. The van der Waals surface area contributed by atoms with Crippen molar-refractivity contribution in [3.63, 3.8) is 0 Å². The van der Waals surface area contributed by atoms with Gasteiger partial charge in [-0.15, -0.1) is 16.5 Å². The Hall–Kier alpha value is -3.68. The van der Waals surface area contributed by atoms with Gasteiger partial charge in [0.25, 0.3) is 0 Å². The predicted octanol–water partition coefficient (Wildman–Crippen LogP) is 7.25. The maximum Gasteiger partial charge on any atom is 0.335 e. The summed E-state index contributed by atoms with van der Waals surface area (Å²) in [4.78, 5) is 38.5. The van der Waals surface area contributed by atoms with E-state index in [1.807, 2.05) is 33.8 Å². The molecule has 5 rings (SSSR count). The minimum absolute atomic E-state index is 0.00244. The molecule has 9 nitrogen and oxygen atoms in total. The number of benzene rings is 3. The van der Waals surface area contributed by atoms with Crippen LogP contribution in [0.15, 0.2) is 84.9 Å². The molecule has 0 aromatic heterocycles. The number of nitrogens with one attached hydrogen (secondary N) is 1. The number of carbonyl (C=O) groups is 3. The van der Waals surface area contributed by atoms with Crippen molar-refractivity contribution in [1.29, 1.82) is 0 Å². The van der Waals surface area contributed by atoms with E-state index in [4.69, 9.17) is 4.74 Å². The molecule has 9 atom stereocenters. The van der Waals surface area contributed by atoms with Gasteiger partial charge >= 0.3 is 17.9 Å². The number of fused-ring (bicyclic) bond motifs is 2. The SMILES string of the molecule is C[C@@H]1/C=C\C[C@@H](F)CS[C@H]2O[C@@H]([C@@H]1N[S+]([O-])C(C)(C)C)[C@H](c1ccccc1C(=O)O)[C@H](c1ccccc1C(=O)O)[C@@H]2c1ccccc1C(=O)O. The minimum atomic E-state index is -1.64. The number of carboxylic acid groups (broad SMARTS) is 3. The van der Waals surface area contributed by atoms with E-state index in [-0.39, 0.29) is 28.9 Å². The highest BCUT2D eigenvalue weighted by molar-refractivity contribution is 7.99. The fourth-order valence-electron chi connectivity index (χ4n) is 7.02. The first-order valence-corrected chi connectivity index (χ1v) is 18.6. The Labute approximate surface area is 298 Å². The number of carboxylic acids is 3. The van der Waals surface area contributed by atoms with Crippen molar-refractivity contribution in [3.05, 3.63) is 118 Å². The molecule has 2 heterocycles. The second kappa shape index (κ2) is 15.7. The van der Waals surface area contributed by atoms with Crippen LogP contribution < -0.4 is 4.72 Å². The fourth-order valence-corrected chi connectivity index (χ4v) is 9.23. The van der Waals surface area contributed by atoms with Crippen LogP contribution in [0.2, 0.25) is 0 Å². The number of halogens is 1. The highest BCUT2D eigenvalue weighted by atomic mass is 32.2. The number of allylic oxidation sites excluding steroid dienone is 1. The van der Waals surface area contributed by atoms with Crippen LogP contribution in [0.1, 0.15) is 99.6 Å². The van der Waals surface area contributed by atoms with Crippen molar-refractivity contribution in [3.8, 4) is 0 Å². The summed E-state index contributed by atoms with van der Waals surface area (Å²) in [7, 11) is 0. The lowest BCUT2D eigenvalue weighted by molar-refractivity contribution is -0.0639. The zero-order valence-electron chi connectivity index (χ0n) is 28.2. The van der Waals surface area contributed by atoms with Gasteiger partial charge < -0.3 is 24.6 Å². The minimum Gasteiger partial charge on any atom is -0.598 e. The zero-order valence-corrected chi connectivity index (χ0v) is 29.8. The van der Waals surface area contributed by atoms with E-state index in [1.165, 1.54) is 30.0 Å². The Bertz CT molecular complexity index is 1750. The number of alkyl halides is 1. The Balaban J connectivity index is 1.91. The van der Waals surface area contributed by atoms with E-state index in [0.717, 1.165) is 0 Å². The summed E-state index contributed by atoms with van der Waals surface area (Å²) < 4.78 is 38.9. The lowest BCUT2D eigenvalue weighted by Gasteiger charge is -2.51. The van der Waals surface area contributed by atoms with Gasteiger partial charge in [0, 0.05) is 34.9 Å². The molecule has 0 saturated carbocycles. The lowest BCUT2D eigenvalue weighted by Crippen LogP contribution is -2.58. The average Bonchev–Trinajstić information content (AvgIpc) is 3.09. The number of aromatic carboxylic acids is 3. The van der Waals surface area contributed by atoms with Crippen LogP contribution in [0, 0.1) is 5.92 Å². The van der Waals surface area contributed by atoms with Gasteiger partial charge in [-0.3, -0.25) is 0 Å². The number of hydrogen-bond donors (Lipinski definition) is 4. The normalized spacial score (nSPS) is 28.5. The molecule has 266 valence electrons. The van der Waals surface area contributed by atoms with Crippen molar-refractivity contribution in [2.24, 2.45) is 5.92 Å². The molecule has 2 aliphatic heterocycles. The number of rotatable bonds is 8. The maximum absolute atomic E-state index is 15.5. The molecule has 0 aliphatic carbocycles. The standard InChI is InChI=1S/C38H42FNO8S2/c1-21-12-11-13-22(39)20-49-37-31(25-16-7-10-19-28(25)36(45)46)29(23-14-5-8-17-26(23)34(41)42)30(24-15-6-9-18-27(24)35(43)44)33(48-37)32(21)40-50(47)38(2,3)4/h5-12,14-19,21-22,29-33,37,40H,13,20H2,1-4H3,(H,41,42)(H,43,44)(H,45,46)/b12-11-/t21-,22-,29+,30-,31+,32-,33-,37-,50?/m1/s1. The second-order valence-electron chi connectivity index (χ2n) is 13.7. The lowest BCUT2D eigenvalue weighted by atomic mass is 9.64. The van der Waals surface area contributed by atoms with E-state index in [1.54, 1.807) is 60.7 Å². The Kier molecular flexibility index (Phi) is 11.8. The summed E-state index contributed by atoms with van der Waals surface area (Å²) in [6, 6.07) is 18.5.